The number of carbonyl (C=O) groups is 1. The van der Waals surface area contributed by atoms with Gasteiger partial charge in [0.05, 0.1) is 10.5 Å². The second-order valence-electron chi connectivity index (χ2n) is 4.88. The van der Waals surface area contributed by atoms with E-state index in [2.05, 4.69) is 10.6 Å². The fourth-order valence-electron chi connectivity index (χ4n) is 1.13. The minimum Gasteiger partial charge on any atom is -0.356 e. The number of sulfone groups is 1. The molecule has 0 spiro atoms. The number of hydrogen-bond donors (Lipinski definition) is 2. The Kier molecular flexibility index (Phi) is 6.70. The van der Waals surface area contributed by atoms with Gasteiger partial charge in [0.25, 0.3) is 0 Å². The van der Waals surface area contributed by atoms with Gasteiger partial charge in [-0.15, -0.1) is 0 Å². The summed E-state index contributed by atoms with van der Waals surface area (Å²) >= 11 is 0. The average molecular weight is 264 g/mol. The molecule has 0 aliphatic rings. The van der Waals surface area contributed by atoms with Crippen molar-refractivity contribution in [3.8, 4) is 0 Å². The van der Waals surface area contributed by atoms with Crippen molar-refractivity contribution in [1.82, 2.24) is 10.6 Å². The Morgan fingerprint density at radius 1 is 1.18 bits per heavy atom. The van der Waals surface area contributed by atoms with Crippen LogP contribution in [-0.4, -0.2) is 44.5 Å². The third kappa shape index (κ3) is 6.63. The maximum atomic E-state index is 11.7. The third-order valence-corrected chi connectivity index (χ3v) is 4.99. The van der Waals surface area contributed by atoms with E-state index in [0.717, 1.165) is 0 Å². The summed E-state index contributed by atoms with van der Waals surface area (Å²) in [5.74, 6) is 0.0880. The maximum Gasteiger partial charge on any atom is 0.221 e. The van der Waals surface area contributed by atoms with Gasteiger partial charge in [0.15, 0.2) is 9.84 Å². The summed E-state index contributed by atoms with van der Waals surface area (Å²) in [6, 6.07) is 0. The van der Waals surface area contributed by atoms with E-state index in [-0.39, 0.29) is 11.7 Å². The third-order valence-electron chi connectivity index (χ3n) is 2.38. The minimum absolute atomic E-state index is 0.0151. The van der Waals surface area contributed by atoms with Crippen LogP contribution in [0.25, 0.3) is 0 Å². The molecule has 0 rings (SSSR count). The molecule has 0 aliphatic heterocycles. The molecule has 2 N–H and O–H groups in total. The van der Waals surface area contributed by atoms with Crippen molar-refractivity contribution in [1.29, 1.82) is 0 Å². The standard InChI is InChI=1S/C11H24N2O3S/c1-5-13-10(14)6-7-12-8-9-17(15,16)11(2,3)4/h12H,5-9H2,1-4H3,(H,13,14). The molecular weight excluding hydrogens is 240 g/mol. The van der Waals surface area contributed by atoms with Crippen LogP contribution in [-0.2, 0) is 14.6 Å². The SMILES string of the molecule is CCNC(=O)CCNCCS(=O)(=O)C(C)(C)C. The highest BCUT2D eigenvalue weighted by molar-refractivity contribution is 7.92. The van der Waals surface area contributed by atoms with Crippen LogP contribution in [0.5, 0.6) is 0 Å². The van der Waals surface area contributed by atoms with Crippen LogP contribution in [0.3, 0.4) is 0 Å². The van der Waals surface area contributed by atoms with E-state index in [9.17, 15) is 13.2 Å². The van der Waals surface area contributed by atoms with Gasteiger partial charge in [-0.1, -0.05) is 0 Å². The van der Waals surface area contributed by atoms with Gasteiger partial charge in [0, 0.05) is 26.1 Å². The summed E-state index contributed by atoms with van der Waals surface area (Å²) in [5.41, 5.74) is 0. The molecule has 0 aromatic rings. The lowest BCUT2D eigenvalue weighted by molar-refractivity contribution is -0.120. The number of hydrogen-bond acceptors (Lipinski definition) is 4. The van der Waals surface area contributed by atoms with Crippen molar-refractivity contribution in [3.63, 3.8) is 0 Å². The Balaban J connectivity index is 3.77. The summed E-state index contributed by atoms with van der Waals surface area (Å²) in [6.07, 6.45) is 0.378. The molecular formula is C11H24N2O3S. The highest BCUT2D eigenvalue weighted by Gasteiger charge is 2.27. The van der Waals surface area contributed by atoms with Crippen LogP contribution in [0.1, 0.15) is 34.1 Å². The van der Waals surface area contributed by atoms with Crippen molar-refractivity contribution in [2.24, 2.45) is 0 Å². The molecule has 5 nitrogen and oxygen atoms in total. The molecule has 6 heteroatoms. The molecule has 0 fully saturated rings. The smallest absolute Gasteiger partial charge is 0.221 e. The Hall–Kier alpha value is -0.620. The van der Waals surface area contributed by atoms with Gasteiger partial charge in [0.1, 0.15) is 0 Å². The molecule has 1 amide bonds. The predicted molar refractivity (Wildman–Crippen MR) is 69.7 cm³/mol. The zero-order chi connectivity index (χ0) is 13.5. The van der Waals surface area contributed by atoms with Crippen LogP contribution in [0.15, 0.2) is 0 Å². The van der Waals surface area contributed by atoms with Crippen molar-refractivity contribution < 1.29 is 13.2 Å². The first-order valence-electron chi connectivity index (χ1n) is 5.90. The molecule has 17 heavy (non-hydrogen) atoms. The van der Waals surface area contributed by atoms with E-state index in [1.54, 1.807) is 20.8 Å². The van der Waals surface area contributed by atoms with E-state index in [1.807, 2.05) is 6.92 Å². The summed E-state index contributed by atoms with van der Waals surface area (Å²) in [5, 5.41) is 5.64. The van der Waals surface area contributed by atoms with E-state index in [1.165, 1.54) is 0 Å². The number of carbonyl (C=O) groups excluding carboxylic acids is 1. The summed E-state index contributed by atoms with van der Waals surface area (Å²) in [7, 11) is -3.07. The second kappa shape index (κ2) is 6.96. The largest absolute Gasteiger partial charge is 0.356 e. The lowest BCUT2D eigenvalue weighted by Gasteiger charge is -2.19. The molecule has 0 saturated heterocycles. The van der Waals surface area contributed by atoms with Crippen LogP contribution < -0.4 is 10.6 Å². The first kappa shape index (κ1) is 16.4. The summed E-state index contributed by atoms with van der Waals surface area (Å²) in [4.78, 5) is 11.1. The molecule has 0 saturated carbocycles. The van der Waals surface area contributed by atoms with Crippen molar-refractivity contribution in [2.75, 3.05) is 25.4 Å². The first-order chi connectivity index (χ1) is 7.70. The lowest BCUT2D eigenvalue weighted by Crippen LogP contribution is -2.35. The maximum absolute atomic E-state index is 11.7. The van der Waals surface area contributed by atoms with E-state index < -0.39 is 14.6 Å². The van der Waals surface area contributed by atoms with Crippen molar-refractivity contribution in [2.45, 2.75) is 38.9 Å². The Morgan fingerprint density at radius 3 is 2.24 bits per heavy atom. The zero-order valence-electron chi connectivity index (χ0n) is 11.2. The molecule has 0 aliphatic carbocycles. The van der Waals surface area contributed by atoms with Crippen LogP contribution >= 0.6 is 0 Å². The Morgan fingerprint density at radius 2 is 1.76 bits per heavy atom. The van der Waals surface area contributed by atoms with Gasteiger partial charge < -0.3 is 10.6 Å². The van der Waals surface area contributed by atoms with Gasteiger partial charge >= 0.3 is 0 Å². The van der Waals surface area contributed by atoms with Gasteiger partial charge in [-0.25, -0.2) is 8.42 Å². The highest BCUT2D eigenvalue weighted by Crippen LogP contribution is 2.14. The molecule has 0 atom stereocenters. The summed E-state index contributed by atoms with van der Waals surface area (Å²) < 4.78 is 22.8. The van der Waals surface area contributed by atoms with Crippen LogP contribution in [0.4, 0.5) is 0 Å². The molecule has 0 heterocycles. The van der Waals surface area contributed by atoms with Gasteiger partial charge in [-0.05, 0) is 27.7 Å². The highest BCUT2D eigenvalue weighted by atomic mass is 32.2. The van der Waals surface area contributed by atoms with Crippen molar-refractivity contribution >= 4 is 15.7 Å². The Bertz CT molecular complexity index is 331. The molecule has 102 valence electrons. The van der Waals surface area contributed by atoms with E-state index in [4.69, 9.17) is 0 Å². The second-order valence-corrected chi connectivity index (χ2v) is 7.75. The van der Waals surface area contributed by atoms with Crippen molar-refractivity contribution in [3.05, 3.63) is 0 Å². The molecule has 0 unspecified atom stereocenters. The Labute approximate surface area is 104 Å². The molecule has 0 aromatic carbocycles. The monoisotopic (exact) mass is 264 g/mol. The topological polar surface area (TPSA) is 75.3 Å². The number of nitrogens with one attached hydrogen (secondary N) is 2. The fourth-order valence-corrected chi connectivity index (χ4v) is 2.15. The minimum atomic E-state index is -3.07. The first-order valence-corrected chi connectivity index (χ1v) is 7.55. The van der Waals surface area contributed by atoms with Crippen LogP contribution in [0.2, 0.25) is 0 Å². The van der Waals surface area contributed by atoms with E-state index in [0.29, 0.717) is 26.1 Å². The van der Waals surface area contributed by atoms with Crippen LogP contribution in [0, 0.1) is 0 Å². The fraction of sp³-hybridized carbons (Fsp3) is 0.909. The van der Waals surface area contributed by atoms with Gasteiger partial charge in [-0.2, -0.15) is 0 Å². The van der Waals surface area contributed by atoms with Gasteiger partial charge in [-0.3, -0.25) is 4.79 Å². The predicted octanol–water partition coefficient (Wildman–Crippen LogP) is 0.316. The average Bonchev–Trinajstić information content (AvgIpc) is 2.15. The zero-order valence-corrected chi connectivity index (χ0v) is 12.0. The molecule has 0 bridgehead atoms. The lowest BCUT2D eigenvalue weighted by atomic mass is 10.3. The molecule has 0 aromatic heterocycles. The quantitative estimate of drug-likeness (QED) is 0.649. The van der Waals surface area contributed by atoms with Gasteiger partial charge in [0.2, 0.25) is 5.91 Å². The summed E-state index contributed by atoms with van der Waals surface area (Å²) in [6.45, 7) is 8.45. The molecule has 0 radical (unpaired) electrons. The normalized spacial score (nSPS) is 12.5. The number of rotatable bonds is 7. The number of amides is 1. The van der Waals surface area contributed by atoms with E-state index >= 15 is 0 Å².